The zero-order valence-electron chi connectivity index (χ0n) is 13.0. The molecule has 1 aromatic carbocycles. The zero-order chi connectivity index (χ0) is 15.6. The van der Waals surface area contributed by atoms with Crippen LogP contribution in [-0.4, -0.2) is 52.8 Å². The Morgan fingerprint density at radius 3 is 2.70 bits per heavy atom. The van der Waals surface area contributed by atoms with Gasteiger partial charge in [0.15, 0.2) is 0 Å². The minimum Gasteiger partial charge on any atom is -0.337 e. The van der Waals surface area contributed by atoms with Gasteiger partial charge in [0.05, 0.1) is 11.9 Å². The van der Waals surface area contributed by atoms with E-state index >= 15 is 0 Å². The molecule has 0 amide bonds. The summed E-state index contributed by atoms with van der Waals surface area (Å²) in [7, 11) is 0. The quantitative estimate of drug-likeness (QED) is 0.863. The average Bonchev–Trinajstić information content (AvgIpc) is 3.40. The van der Waals surface area contributed by atoms with Crippen molar-refractivity contribution in [3.05, 3.63) is 35.5 Å². The smallest absolute Gasteiger partial charge is 0.245 e. The fraction of sp³-hybridized carbons (Fsp3) is 0.471. The molecule has 2 fully saturated rings. The Morgan fingerprint density at radius 1 is 1.13 bits per heavy atom. The van der Waals surface area contributed by atoms with E-state index in [1.165, 1.54) is 19.4 Å². The predicted molar refractivity (Wildman–Crippen MR) is 91.7 cm³/mol. The van der Waals surface area contributed by atoms with Crippen molar-refractivity contribution in [3.63, 3.8) is 0 Å². The number of anilines is 1. The van der Waals surface area contributed by atoms with E-state index in [1.807, 2.05) is 24.3 Å². The Labute approximate surface area is 141 Å². The molecule has 4 rings (SSSR count). The maximum atomic E-state index is 6.07. The molecule has 1 aliphatic heterocycles. The Balaban J connectivity index is 1.46. The van der Waals surface area contributed by atoms with Crippen LogP contribution in [0.25, 0.3) is 11.3 Å². The second-order valence-electron chi connectivity index (χ2n) is 6.38. The third kappa shape index (κ3) is 3.62. The van der Waals surface area contributed by atoms with Crippen LogP contribution >= 0.6 is 11.6 Å². The second-order valence-corrected chi connectivity index (χ2v) is 6.82. The normalized spacial score (nSPS) is 19.1. The van der Waals surface area contributed by atoms with Crippen molar-refractivity contribution in [2.24, 2.45) is 5.92 Å². The molecule has 23 heavy (non-hydrogen) atoms. The summed E-state index contributed by atoms with van der Waals surface area (Å²) < 4.78 is 0. The number of benzene rings is 1. The van der Waals surface area contributed by atoms with Gasteiger partial charge in [-0.05, 0) is 30.9 Å². The lowest BCUT2D eigenvalue weighted by Gasteiger charge is -2.34. The summed E-state index contributed by atoms with van der Waals surface area (Å²) in [5.74, 6) is 1.67. The van der Waals surface area contributed by atoms with Crippen LogP contribution in [0.3, 0.4) is 0 Å². The van der Waals surface area contributed by atoms with Gasteiger partial charge in [-0.15, -0.1) is 5.10 Å². The Morgan fingerprint density at radius 2 is 1.96 bits per heavy atom. The molecule has 0 spiro atoms. The van der Waals surface area contributed by atoms with Gasteiger partial charge in [-0.1, -0.05) is 23.7 Å². The summed E-state index contributed by atoms with van der Waals surface area (Å²) in [6.45, 7) is 5.36. The molecule has 120 valence electrons. The third-order valence-corrected chi connectivity index (χ3v) is 4.77. The Bertz CT molecular complexity index is 680. The first kappa shape index (κ1) is 14.8. The van der Waals surface area contributed by atoms with Gasteiger partial charge in [0.25, 0.3) is 0 Å². The van der Waals surface area contributed by atoms with E-state index in [0.29, 0.717) is 11.0 Å². The molecule has 0 unspecified atom stereocenters. The topological polar surface area (TPSA) is 45.2 Å². The lowest BCUT2D eigenvalue weighted by atomic mass is 10.2. The van der Waals surface area contributed by atoms with Crippen LogP contribution in [0.4, 0.5) is 5.95 Å². The molecule has 0 radical (unpaired) electrons. The number of halogens is 1. The van der Waals surface area contributed by atoms with Crippen molar-refractivity contribution >= 4 is 17.5 Å². The first-order valence-electron chi connectivity index (χ1n) is 8.21. The largest absolute Gasteiger partial charge is 0.337 e. The molecule has 1 saturated heterocycles. The third-order valence-electron chi connectivity index (χ3n) is 4.54. The molecule has 1 saturated carbocycles. The minimum absolute atomic E-state index is 0.705. The van der Waals surface area contributed by atoms with Crippen molar-refractivity contribution in [1.29, 1.82) is 0 Å². The molecular weight excluding hydrogens is 310 g/mol. The van der Waals surface area contributed by atoms with E-state index in [4.69, 9.17) is 11.6 Å². The van der Waals surface area contributed by atoms with Gasteiger partial charge in [0.2, 0.25) is 5.95 Å². The number of piperazine rings is 1. The fourth-order valence-electron chi connectivity index (χ4n) is 3.01. The Hall–Kier alpha value is -1.72. The van der Waals surface area contributed by atoms with Crippen LogP contribution in [0.2, 0.25) is 5.02 Å². The van der Waals surface area contributed by atoms with Crippen molar-refractivity contribution in [2.45, 2.75) is 12.8 Å². The molecule has 1 aromatic heterocycles. The summed E-state index contributed by atoms with van der Waals surface area (Å²) in [4.78, 5) is 9.47. The van der Waals surface area contributed by atoms with E-state index in [2.05, 4.69) is 25.0 Å². The molecule has 6 heteroatoms. The van der Waals surface area contributed by atoms with E-state index in [0.717, 1.165) is 43.4 Å². The van der Waals surface area contributed by atoms with Gasteiger partial charge >= 0.3 is 0 Å². The van der Waals surface area contributed by atoms with Crippen molar-refractivity contribution in [1.82, 2.24) is 20.1 Å². The number of hydrogen-bond donors (Lipinski definition) is 0. The van der Waals surface area contributed by atoms with Crippen LogP contribution in [0.1, 0.15) is 12.8 Å². The minimum atomic E-state index is 0.705. The van der Waals surface area contributed by atoms with Crippen LogP contribution in [0.15, 0.2) is 30.5 Å². The summed E-state index contributed by atoms with van der Waals surface area (Å²) in [6, 6.07) is 7.69. The highest BCUT2D eigenvalue weighted by Crippen LogP contribution is 2.30. The van der Waals surface area contributed by atoms with Gasteiger partial charge in [-0.3, -0.25) is 4.90 Å². The summed E-state index contributed by atoms with van der Waals surface area (Å²) >= 11 is 6.07. The second kappa shape index (κ2) is 6.42. The number of nitrogens with zero attached hydrogens (tertiary/aromatic N) is 5. The van der Waals surface area contributed by atoms with Crippen molar-refractivity contribution in [2.75, 3.05) is 37.6 Å². The fourth-order valence-corrected chi connectivity index (χ4v) is 3.20. The van der Waals surface area contributed by atoms with E-state index in [1.54, 1.807) is 6.20 Å². The van der Waals surface area contributed by atoms with Crippen LogP contribution < -0.4 is 4.90 Å². The molecular formula is C17H20ClN5. The van der Waals surface area contributed by atoms with Crippen molar-refractivity contribution in [3.8, 4) is 11.3 Å². The molecule has 2 aliphatic rings. The van der Waals surface area contributed by atoms with Crippen LogP contribution in [-0.2, 0) is 0 Å². The van der Waals surface area contributed by atoms with Gasteiger partial charge in [-0.2, -0.15) is 5.10 Å². The maximum Gasteiger partial charge on any atom is 0.245 e. The van der Waals surface area contributed by atoms with Crippen LogP contribution in [0, 0.1) is 5.92 Å². The Kier molecular flexibility index (Phi) is 4.14. The standard InChI is InChI=1S/C17H20ClN5/c18-15-3-1-2-14(10-15)16-11-19-21-17(20-16)23-8-6-22(7-9-23)12-13-4-5-13/h1-3,10-11,13H,4-9,12H2. The number of aromatic nitrogens is 3. The molecule has 0 atom stereocenters. The maximum absolute atomic E-state index is 6.07. The number of hydrogen-bond acceptors (Lipinski definition) is 5. The van der Waals surface area contributed by atoms with E-state index in [-0.39, 0.29) is 0 Å². The number of rotatable bonds is 4. The van der Waals surface area contributed by atoms with Gasteiger partial charge < -0.3 is 4.90 Å². The first-order valence-corrected chi connectivity index (χ1v) is 8.59. The highest BCUT2D eigenvalue weighted by molar-refractivity contribution is 6.30. The lowest BCUT2D eigenvalue weighted by molar-refractivity contribution is 0.247. The first-order chi connectivity index (χ1) is 11.3. The molecule has 1 aliphatic carbocycles. The SMILES string of the molecule is Clc1cccc(-c2cnnc(N3CCN(CC4CC4)CC3)n2)c1. The average molecular weight is 330 g/mol. The van der Waals surface area contributed by atoms with E-state index in [9.17, 15) is 0 Å². The lowest BCUT2D eigenvalue weighted by Crippen LogP contribution is -2.47. The van der Waals surface area contributed by atoms with Gasteiger partial charge in [0.1, 0.15) is 0 Å². The van der Waals surface area contributed by atoms with Gasteiger partial charge in [0, 0.05) is 43.3 Å². The van der Waals surface area contributed by atoms with Crippen molar-refractivity contribution < 1.29 is 0 Å². The predicted octanol–water partition coefficient (Wildman–Crippen LogP) is 2.72. The summed E-state index contributed by atoms with van der Waals surface area (Å²) in [5.41, 5.74) is 1.79. The highest BCUT2D eigenvalue weighted by atomic mass is 35.5. The summed E-state index contributed by atoms with van der Waals surface area (Å²) in [5, 5.41) is 9.06. The molecule has 2 aromatic rings. The molecule has 0 N–H and O–H groups in total. The van der Waals surface area contributed by atoms with E-state index < -0.39 is 0 Å². The zero-order valence-corrected chi connectivity index (χ0v) is 13.8. The van der Waals surface area contributed by atoms with Gasteiger partial charge in [-0.25, -0.2) is 4.98 Å². The monoisotopic (exact) mass is 329 g/mol. The van der Waals surface area contributed by atoms with Crippen LogP contribution in [0.5, 0.6) is 0 Å². The molecule has 2 heterocycles. The summed E-state index contributed by atoms with van der Waals surface area (Å²) in [6.07, 6.45) is 4.52. The molecule has 5 nitrogen and oxygen atoms in total. The molecule has 0 bridgehead atoms. The highest BCUT2D eigenvalue weighted by Gasteiger charge is 2.27.